The van der Waals surface area contributed by atoms with Crippen molar-refractivity contribution in [3.8, 4) is 28.5 Å². The lowest BCUT2D eigenvalue weighted by Gasteiger charge is -2.10. The zero-order chi connectivity index (χ0) is 23.8. The molecule has 0 fully saturated rings. The minimum absolute atomic E-state index is 0.187. The zero-order valence-corrected chi connectivity index (χ0v) is 18.9. The average Bonchev–Trinajstić information content (AvgIpc) is 3.36. The molecule has 7 heteroatoms. The van der Waals surface area contributed by atoms with Crippen LogP contribution in [0.5, 0.6) is 17.2 Å². The fraction of sp³-hybridized carbons (Fsp3) is 0.111. The highest BCUT2D eigenvalue weighted by Crippen LogP contribution is 2.38. The number of carbonyl (C=O) groups excluding carboxylic acids is 2. The number of methoxy groups -OCH3 is 1. The summed E-state index contributed by atoms with van der Waals surface area (Å²) in [6.07, 6.45) is 1.23. The maximum Gasteiger partial charge on any atom is 0.414 e. The van der Waals surface area contributed by atoms with Crippen LogP contribution < -0.4 is 14.2 Å². The third kappa shape index (κ3) is 3.77. The Kier molecular flexibility index (Phi) is 5.30. The summed E-state index contributed by atoms with van der Waals surface area (Å²) in [5.74, 6) is 1.30. The number of benzene rings is 3. The molecule has 0 spiro atoms. The van der Waals surface area contributed by atoms with Crippen LogP contribution in [0.3, 0.4) is 0 Å². The molecule has 0 unspecified atom stereocenters. The molecule has 0 radical (unpaired) electrons. The quantitative estimate of drug-likeness (QED) is 0.411. The highest BCUT2D eigenvalue weighted by atomic mass is 16.6. The van der Waals surface area contributed by atoms with Crippen LogP contribution in [0, 0.1) is 0 Å². The predicted octanol–water partition coefficient (Wildman–Crippen LogP) is 5.52. The summed E-state index contributed by atoms with van der Waals surface area (Å²) < 4.78 is 16.6. The number of ketones is 1. The van der Waals surface area contributed by atoms with Crippen LogP contribution in [-0.4, -0.2) is 43.0 Å². The Bertz CT molecular complexity index is 1450. The van der Waals surface area contributed by atoms with Gasteiger partial charge in [-0.1, -0.05) is 30.3 Å². The number of rotatable bonds is 4. The summed E-state index contributed by atoms with van der Waals surface area (Å²) in [6, 6.07) is 20.4. The normalized spacial score (nSPS) is 13.6. The van der Waals surface area contributed by atoms with E-state index in [0.717, 1.165) is 27.7 Å². The van der Waals surface area contributed by atoms with E-state index in [9.17, 15) is 9.59 Å². The summed E-state index contributed by atoms with van der Waals surface area (Å²) in [5, 5.41) is 0.902. The Hall–Kier alpha value is -4.52. The van der Waals surface area contributed by atoms with Crippen LogP contribution in [0.4, 0.5) is 4.79 Å². The number of ether oxygens (including phenoxy) is 3. The van der Waals surface area contributed by atoms with Gasteiger partial charge in [0.05, 0.1) is 18.4 Å². The molecule has 0 aliphatic carbocycles. The summed E-state index contributed by atoms with van der Waals surface area (Å²) in [6.45, 7) is 0. The van der Waals surface area contributed by atoms with E-state index in [1.54, 1.807) is 45.5 Å². The Labute approximate surface area is 196 Å². The highest BCUT2D eigenvalue weighted by Gasteiger charge is 2.29. The Balaban J connectivity index is 1.58. The van der Waals surface area contributed by atoms with Gasteiger partial charge in [0, 0.05) is 36.6 Å². The van der Waals surface area contributed by atoms with Gasteiger partial charge in [0.1, 0.15) is 17.2 Å². The van der Waals surface area contributed by atoms with E-state index in [2.05, 4.69) is 4.98 Å². The molecule has 34 heavy (non-hydrogen) atoms. The number of allylic oxidation sites excluding steroid dienone is 1. The number of Topliss-reactive ketones (excluding diaryl/α,β-unsaturated/α-hetero) is 1. The van der Waals surface area contributed by atoms with Gasteiger partial charge in [-0.05, 0) is 42.0 Å². The lowest BCUT2D eigenvalue weighted by Crippen LogP contribution is -2.25. The van der Waals surface area contributed by atoms with Crippen LogP contribution in [-0.2, 0) is 0 Å². The second-order valence-corrected chi connectivity index (χ2v) is 8.05. The zero-order valence-electron chi connectivity index (χ0n) is 18.9. The smallest absolute Gasteiger partial charge is 0.414 e. The van der Waals surface area contributed by atoms with E-state index in [1.165, 1.54) is 4.90 Å². The molecule has 0 bridgehead atoms. The van der Waals surface area contributed by atoms with Crippen LogP contribution in [0.25, 0.3) is 28.2 Å². The van der Waals surface area contributed by atoms with Crippen molar-refractivity contribution in [1.82, 2.24) is 9.88 Å². The molecule has 4 aromatic rings. The molecule has 2 heterocycles. The van der Waals surface area contributed by atoms with E-state index in [1.807, 2.05) is 48.5 Å². The van der Waals surface area contributed by atoms with E-state index < -0.39 is 6.09 Å². The van der Waals surface area contributed by atoms with E-state index in [-0.39, 0.29) is 11.5 Å². The van der Waals surface area contributed by atoms with Crippen molar-refractivity contribution >= 4 is 28.9 Å². The van der Waals surface area contributed by atoms with Crippen LogP contribution >= 0.6 is 0 Å². The summed E-state index contributed by atoms with van der Waals surface area (Å²) in [4.78, 5) is 29.8. The van der Waals surface area contributed by atoms with Gasteiger partial charge in [-0.15, -0.1) is 0 Å². The number of hydrogen-bond acceptors (Lipinski definition) is 5. The summed E-state index contributed by atoms with van der Waals surface area (Å²) >= 11 is 0. The minimum atomic E-state index is -0.514. The molecular weight excluding hydrogens is 432 g/mol. The van der Waals surface area contributed by atoms with Gasteiger partial charge in [-0.3, -0.25) is 4.79 Å². The third-order valence-corrected chi connectivity index (χ3v) is 5.60. The topological polar surface area (TPSA) is 80.9 Å². The van der Waals surface area contributed by atoms with Crippen molar-refractivity contribution < 1.29 is 23.8 Å². The van der Waals surface area contributed by atoms with Gasteiger partial charge >= 0.3 is 6.09 Å². The first-order chi connectivity index (χ1) is 16.4. The van der Waals surface area contributed by atoms with Crippen molar-refractivity contribution in [1.29, 1.82) is 0 Å². The largest absolute Gasteiger partial charge is 0.497 e. The van der Waals surface area contributed by atoms with Gasteiger partial charge < -0.3 is 24.1 Å². The van der Waals surface area contributed by atoms with Crippen molar-refractivity contribution in [2.24, 2.45) is 0 Å². The van der Waals surface area contributed by atoms with Crippen molar-refractivity contribution in [2.45, 2.75) is 0 Å². The number of nitrogens with zero attached hydrogens (tertiary/aromatic N) is 1. The summed E-state index contributed by atoms with van der Waals surface area (Å²) in [7, 11) is 4.80. The SMILES string of the molecule is COc1ccc2[nH]c(-c3ccccc3)c(C=C3Oc4cc(OC(=O)N(C)C)ccc4C3=O)c2c1. The molecule has 1 aliphatic rings. The maximum absolute atomic E-state index is 13.1. The standard InChI is InChI=1S/C27H22N2O5/c1-29(2)27(31)33-18-9-11-19-23(14-18)34-24(26(19)30)15-21-20-13-17(32-3)10-12-22(20)28-25(21)16-7-5-4-6-8-16/h4-15,28H,1-3H3. The van der Waals surface area contributed by atoms with Crippen LogP contribution in [0.15, 0.2) is 72.5 Å². The number of aromatic nitrogens is 1. The Morgan fingerprint density at radius 3 is 2.50 bits per heavy atom. The summed E-state index contributed by atoms with van der Waals surface area (Å²) in [5.41, 5.74) is 3.98. The lowest BCUT2D eigenvalue weighted by atomic mass is 10.0. The molecule has 5 rings (SSSR count). The molecule has 7 nitrogen and oxygen atoms in total. The van der Waals surface area contributed by atoms with Gasteiger partial charge in [0.25, 0.3) is 0 Å². The molecule has 3 aromatic carbocycles. The number of aromatic amines is 1. The van der Waals surface area contributed by atoms with Crippen LogP contribution in [0.2, 0.25) is 0 Å². The van der Waals surface area contributed by atoms with Gasteiger partial charge in [0.2, 0.25) is 5.78 Å². The molecular formula is C27H22N2O5. The van der Waals surface area contributed by atoms with Crippen LogP contribution in [0.1, 0.15) is 15.9 Å². The molecule has 1 N–H and O–H groups in total. The number of hydrogen-bond donors (Lipinski definition) is 1. The first-order valence-electron chi connectivity index (χ1n) is 10.7. The van der Waals surface area contributed by atoms with Gasteiger partial charge in [-0.2, -0.15) is 0 Å². The molecule has 1 aliphatic heterocycles. The number of nitrogens with one attached hydrogen (secondary N) is 1. The second-order valence-electron chi connectivity index (χ2n) is 8.05. The maximum atomic E-state index is 13.1. The van der Waals surface area contributed by atoms with E-state index >= 15 is 0 Å². The average molecular weight is 454 g/mol. The molecule has 0 atom stereocenters. The molecule has 0 saturated carbocycles. The Morgan fingerprint density at radius 1 is 1.00 bits per heavy atom. The molecule has 1 aromatic heterocycles. The van der Waals surface area contributed by atoms with Crippen molar-refractivity contribution in [2.75, 3.05) is 21.2 Å². The molecule has 1 amide bonds. The van der Waals surface area contributed by atoms with Gasteiger partial charge in [-0.25, -0.2) is 4.79 Å². The van der Waals surface area contributed by atoms with Crippen molar-refractivity contribution in [3.63, 3.8) is 0 Å². The number of amides is 1. The lowest BCUT2D eigenvalue weighted by molar-refractivity contribution is 0.101. The van der Waals surface area contributed by atoms with E-state index in [4.69, 9.17) is 14.2 Å². The fourth-order valence-corrected chi connectivity index (χ4v) is 3.86. The van der Waals surface area contributed by atoms with Crippen molar-refractivity contribution in [3.05, 3.63) is 83.6 Å². The second kappa shape index (κ2) is 8.44. The first-order valence-corrected chi connectivity index (χ1v) is 10.7. The van der Waals surface area contributed by atoms with E-state index in [0.29, 0.717) is 22.8 Å². The molecule has 170 valence electrons. The number of fused-ring (bicyclic) bond motifs is 2. The van der Waals surface area contributed by atoms with Gasteiger partial charge in [0.15, 0.2) is 5.76 Å². The first kappa shape index (κ1) is 21.3. The third-order valence-electron chi connectivity index (χ3n) is 5.60. The molecule has 0 saturated heterocycles. The fourth-order valence-electron chi connectivity index (χ4n) is 3.86. The Morgan fingerprint density at radius 2 is 1.76 bits per heavy atom. The number of carbonyl (C=O) groups is 2. The minimum Gasteiger partial charge on any atom is -0.497 e. The number of H-pyrrole nitrogens is 1. The predicted molar refractivity (Wildman–Crippen MR) is 129 cm³/mol. The highest BCUT2D eigenvalue weighted by molar-refractivity contribution is 6.16. The monoisotopic (exact) mass is 454 g/mol.